The Labute approximate surface area is 255 Å². The summed E-state index contributed by atoms with van der Waals surface area (Å²) < 4.78 is 0. The van der Waals surface area contributed by atoms with Gasteiger partial charge < -0.3 is 10.6 Å². The van der Waals surface area contributed by atoms with Crippen LogP contribution in [0.2, 0.25) is 0 Å². The number of anilines is 2. The maximum absolute atomic E-state index is 12.4. The zero-order valence-electron chi connectivity index (χ0n) is 24.1. The predicted octanol–water partition coefficient (Wildman–Crippen LogP) is 8.42. The monoisotopic (exact) mass is 606 g/mol. The van der Waals surface area contributed by atoms with E-state index in [1.54, 1.807) is 11.8 Å². The highest BCUT2D eigenvalue weighted by molar-refractivity contribution is 7.99. The van der Waals surface area contributed by atoms with Crippen molar-refractivity contribution >= 4 is 56.5 Å². The van der Waals surface area contributed by atoms with E-state index < -0.39 is 0 Å². The van der Waals surface area contributed by atoms with Crippen LogP contribution in [0.3, 0.4) is 0 Å². The summed E-state index contributed by atoms with van der Waals surface area (Å²) in [6.45, 7) is 8.86. The molecule has 2 aromatic heterocycles. The van der Waals surface area contributed by atoms with Gasteiger partial charge in [-0.15, -0.1) is 22.7 Å². The summed E-state index contributed by atoms with van der Waals surface area (Å²) in [5.41, 5.74) is 6.47. The number of benzene rings is 2. The van der Waals surface area contributed by atoms with E-state index in [2.05, 4.69) is 96.8 Å². The second-order valence-electron chi connectivity index (χ2n) is 10.9. The molecule has 0 bridgehead atoms. The molecule has 9 heteroatoms. The third kappa shape index (κ3) is 10.1. The minimum atomic E-state index is -0.0670. The third-order valence-electron chi connectivity index (χ3n) is 6.24. The van der Waals surface area contributed by atoms with Crippen LogP contribution in [-0.2, 0) is 22.4 Å². The molecule has 2 heterocycles. The van der Waals surface area contributed by atoms with Crippen molar-refractivity contribution in [3.8, 4) is 22.5 Å². The molecule has 0 fully saturated rings. The molecule has 41 heavy (non-hydrogen) atoms. The average molecular weight is 607 g/mol. The summed E-state index contributed by atoms with van der Waals surface area (Å²) in [7, 11) is 0. The minimum absolute atomic E-state index is 0.0670. The van der Waals surface area contributed by atoms with Gasteiger partial charge in [0.15, 0.2) is 10.3 Å². The summed E-state index contributed by atoms with van der Waals surface area (Å²) in [5, 5.41) is 10.9. The number of carbonyl (C=O) groups excluding carboxylic acids is 2. The Hall–Kier alpha value is -3.01. The first kappa shape index (κ1) is 30.9. The first-order valence-corrected chi connectivity index (χ1v) is 16.9. The van der Waals surface area contributed by atoms with Crippen molar-refractivity contribution in [3.63, 3.8) is 0 Å². The SMILES string of the molecule is CC(C)Cc1ccc(-c2csc(NC(=O)CCSCCC(=O)Nc3nc(-c4ccc(CC(C)C)cc4)cs3)n2)cc1. The lowest BCUT2D eigenvalue weighted by Crippen LogP contribution is -2.13. The molecule has 0 aliphatic rings. The number of nitrogens with zero attached hydrogens (tertiary/aromatic N) is 2. The van der Waals surface area contributed by atoms with Gasteiger partial charge in [0, 0.05) is 46.2 Å². The third-order valence-corrected chi connectivity index (χ3v) is 8.74. The number of carbonyl (C=O) groups is 2. The molecule has 2 aromatic carbocycles. The van der Waals surface area contributed by atoms with E-state index in [4.69, 9.17) is 0 Å². The van der Waals surface area contributed by atoms with Crippen LogP contribution >= 0.6 is 34.4 Å². The fourth-order valence-electron chi connectivity index (χ4n) is 4.29. The van der Waals surface area contributed by atoms with Gasteiger partial charge in [0.2, 0.25) is 11.8 Å². The van der Waals surface area contributed by atoms with E-state index >= 15 is 0 Å². The lowest BCUT2D eigenvalue weighted by molar-refractivity contribution is -0.116. The molecule has 0 spiro atoms. The molecule has 0 radical (unpaired) electrons. The first-order valence-electron chi connectivity index (χ1n) is 14.0. The van der Waals surface area contributed by atoms with Crippen LogP contribution in [0.15, 0.2) is 59.3 Å². The highest BCUT2D eigenvalue weighted by Crippen LogP contribution is 2.27. The van der Waals surface area contributed by atoms with Crippen molar-refractivity contribution in [3.05, 3.63) is 70.4 Å². The van der Waals surface area contributed by atoms with Gasteiger partial charge in [0.1, 0.15) is 0 Å². The summed E-state index contributed by atoms with van der Waals surface area (Å²) in [6.07, 6.45) is 2.86. The fraction of sp³-hybridized carbons (Fsp3) is 0.375. The highest BCUT2D eigenvalue weighted by atomic mass is 32.2. The van der Waals surface area contributed by atoms with Crippen LogP contribution in [0, 0.1) is 11.8 Å². The van der Waals surface area contributed by atoms with Gasteiger partial charge in [-0.1, -0.05) is 76.2 Å². The van der Waals surface area contributed by atoms with Gasteiger partial charge >= 0.3 is 0 Å². The molecule has 2 N–H and O–H groups in total. The zero-order chi connectivity index (χ0) is 29.2. The second kappa shape index (κ2) is 15.3. The summed E-state index contributed by atoms with van der Waals surface area (Å²) >= 11 is 4.45. The zero-order valence-corrected chi connectivity index (χ0v) is 26.6. The number of aromatic nitrogens is 2. The molecule has 0 saturated heterocycles. The summed E-state index contributed by atoms with van der Waals surface area (Å²) in [4.78, 5) is 33.9. The van der Waals surface area contributed by atoms with Crippen molar-refractivity contribution < 1.29 is 9.59 Å². The van der Waals surface area contributed by atoms with Gasteiger partial charge in [-0.05, 0) is 35.8 Å². The standard InChI is InChI=1S/C32H38N4O2S3/c1-21(2)17-23-5-9-25(10-6-23)27-19-40-31(33-27)35-29(37)13-15-39-16-14-30(38)36-32-34-28(20-41-32)26-11-7-24(8-12-26)18-22(3)4/h5-12,19-22H,13-18H2,1-4H3,(H,33,35,37)(H,34,36,38). The smallest absolute Gasteiger partial charge is 0.226 e. The average Bonchev–Trinajstić information content (AvgIpc) is 3.59. The normalized spacial score (nSPS) is 11.3. The van der Waals surface area contributed by atoms with Crippen LogP contribution in [0.4, 0.5) is 10.3 Å². The molecule has 216 valence electrons. The number of hydrogen-bond donors (Lipinski definition) is 2. The number of hydrogen-bond acceptors (Lipinski definition) is 7. The Balaban J connectivity index is 1.13. The lowest BCUT2D eigenvalue weighted by Gasteiger charge is -2.05. The first-order chi connectivity index (χ1) is 19.7. The number of thiazole rings is 2. The maximum atomic E-state index is 12.4. The van der Waals surface area contributed by atoms with Crippen LogP contribution in [0.1, 0.15) is 51.7 Å². The van der Waals surface area contributed by atoms with Gasteiger partial charge in [0.25, 0.3) is 0 Å². The molecule has 0 unspecified atom stereocenters. The lowest BCUT2D eigenvalue weighted by atomic mass is 10.0. The molecule has 0 saturated carbocycles. The molecular weight excluding hydrogens is 569 g/mol. The Kier molecular flexibility index (Phi) is 11.5. The van der Waals surface area contributed by atoms with E-state index in [0.717, 1.165) is 35.4 Å². The number of rotatable bonds is 14. The van der Waals surface area contributed by atoms with E-state index in [0.29, 0.717) is 46.4 Å². The van der Waals surface area contributed by atoms with Gasteiger partial charge in [-0.25, -0.2) is 9.97 Å². The number of nitrogens with one attached hydrogen (secondary N) is 2. The molecule has 2 amide bonds. The Morgan fingerprint density at radius 3 is 1.44 bits per heavy atom. The molecule has 0 aliphatic carbocycles. The van der Waals surface area contributed by atoms with Crippen LogP contribution in [0.25, 0.3) is 22.5 Å². The predicted molar refractivity (Wildman–Crippen MR) is 176 cm³/mol. The number of amides is 2. The Bertz CT molecular complexity index is 1300. The number of thioether (sulfide) groups is 1. The highest BCUT2D eigenvalue weighted by Gasteiger charge is 2.11. The Morgan fingerprint density at radius 2 is 1.07 bits per heavy atom. The molecule has 6 nitrogen and oxygen atoms in total. The summed E-state index contributed by atoms with van der Waals surface area (Å²) in [6, 6.07) is 16.9. The van der Waals surface area contributed by atoms with Crippen molar-refractivity contribution in [2.24, 2.45) is 11.8 Å². The van der Waals surface area contributed by atoms with Gasteiger partial charge in [-0.2, -0.15) is 11.8 Å². The van der Waals surface area contributed by atoms with Crippen molar-refractivity contribution in [2.75, 3.05) is 22.1 Å². The fourth-order valence-corrected chi connectivity index (χ4v) is 6.62. The summed E-state index contributed by atoms with van der Waals surface area (Å²) in [5.74, 6) is 2.40. The van der Waals surface area contributed by atoms with Crippen molar-refractivity contribution in [1.82, 2.24) is 9.97 Å². The Morgan fingerprint density at radius 1 is 0.683 bits per heavy atom. The molecule has 4 aromatic rings. The van der Waals surface area contributed by atoms with Gasteiger partial charge in [-0.3, -0.25) is 9.59 Å². The molecule has 0 aliphatic heterocycles. The van der Waals surface area contributed by atoms with Crippen LogP contribution in [-0.4, -0.2) is 33.3 Å². The molecular formula is C32H38N4O2S3. The molecule has 4 rings (SSSR count). The molecule has 0 atom stereocenters. The van der Waals surface area contributed by atoms with E-state index in [1.165, 1.54) is 33.8 Å². The second-order valence-corrected chi connectivity index (χ2v) is 13.8. The topological polar surface area (TPSA) is 84.0 Å². The largest absolute Gasteiger partial charge is 0.302 e. The quantitative estimate of drug-likeness (QED) is 0.141. The minimum Gasteiger partial charge on any atom is -0.302 e. The van der Waals surface area contributed by atoms with Crippen molar-refractivity contribution in [1.29, 1.82) is 0 Å². The maximum Gasteiger partial charge on any atom is 0.226 e. The van der Waals surface area contributed by atoms with Crippen molar-refractivity contribution in [2.45, 2.75) is 53.4 Å². The van der Waals surface area contributed by atoms with E-state index in [9.17, 15) is 9.59 Å². The van der Waals surface area contributed by atoms with E-state index in [-0.39, 0.29) is 11.8 Å². The van der Waals surface area contributed by atoms with E-state index in [1.807, 2.05) is 10.8 Å². The van der Waals surface area contributed by atoms with Gasteiger partial charge in [0.05, 0.1) is 11.4 Å². The van der Waals surface area contributed by atoms with Crippen LogP contribution < -0.4 is 10.6 Å². The van der Waals surface area contributed by atoms with Crippen LogP contribution in [0.5, 0.6) is 0 Å².